The van der Waals surface area contributed by atoms with Crippen molar-refractivity contribution in [3.8, 4) is 0 Å². The number of fused-ring (bicyclic) bond motifs is 2. The van der Waals surface area contributed by atoms with E-state index in [1.807, 2.05) is 0 Å². The van der Waals surface area contributed by atoms with Gasteiger partial charge in [-0.15, -0.1) is 0 Å². The summed E-state index contributed by atoms with van der Waals surface area (Å²) in [5.74, 6) is -1.53. The van der Waals surface area contributed by atoms with E-state index >= 15 is 0 Å². The van der Waals surface area contributed by atoms with Crippen molar-refractivity contribution in [3.63, 3.8) is 0 Å². The average molecular weight is 469 g/mol. The van der Waals surface area contributed by atoms with Crippen LogP contribution in [0.2, 0.25) is 0 Å². The molecule has 1 aliphatic heterocycles. The molecule has 4 N–H and O–H groups in total. The first kappa shape index (κ1) is 21.9. The number of nitrogens with zero attached hydrogens (tertiary/aromatic N) is 1. The van der Waals surface area contributed by atoms with E-state index in [1.54, 1.807) is 24.3 Å². The average Bonchev–Trinajstić information content (AvgIpc) is 3.46. The van der Waals surface area contributed by atoms with Crippen LogP contribution in [0.4, 0.5) is 13.2 Å². The van der Waals surface area contributed by atoms with Crippen LogP contribution in [0.25, 0.3) is 33.0 Å². The van der Waals surface area contributed by atoms with Gasteiger partial charge >= 0.3 is 6.18 Å². The standard InChI is InChI=1S/C24H18F3N3O4/c25-24(26,27)16-5-3-7-18-19(16)15(10-30(18)9-12(32)11-31)21-20(22(33)29-23(21)34)14-8-28-17-6-2-1-4-13(14)17/h1-8,10,12,28,31-32H,9,11H2,(H,29,33,34). The van der Waals surface area contributed by atoms with Crippen LogP contribution < -0.4 is 5.32 Å². The Bertz CT molecular complexity index is 1500. The Labute approximate surface area is 190 Å². The Kier molecular flexibility index (Phi) is 5.07. The second-order valence-electron chi connectivity index (χ2n) is 8.01. The molecule has 1 aliphatic rings. The third-order valence-corrected chi connectivity index (χ3v) is 5.89. The molecule has 7 nitrogen and oxygen atoms in total. The van der Waals surface area contributed by atoms with Crippen LogP contribution >= 0.6 is 0 Å². The Morgan fingerprint density at radius 1 is 0.971 bits per heavy atom. The molecule has 3 heterocycles. The summed E-state index contributed by atoms with van der Waals surface area (Å²) in [4.78, 5) is 28.8. The molecule has 0 saturated carbocycles. The lowest BCUT2D eigenvalue weighted by molar-refractivity contribution is -0.136. The van der Waals surface area contributed by atoms with Gasteiger partial charge in [0.2, 0.25) is 0 Å². The second kappa shape index (κ2) is 7.86. The van der Waals surface area contributed by atoms with Gasteiger partial charge in [0.15, 0.2) is 0 Å². The van der Waals surface area contributed by atoms with Crippen molar-refractivity contribution in [1.82, 2.24) is 14.9 Å². The number of aromatic nitrogens is 2. The van der Waals surface area contributed by atoms with Crippen molar-refractivity contribution >= 4 is 44.8 Å². The number of aromatic amines is 1. The summed E-state index contributed by atoms with van der Waals surface area (Å²) >= 11 is 0. The summed E-state index contributed by atoms with van der Waals surface area (Å²) in [6.45, 7) is -0.810. The van der Waals surface area contributed by atoms with Crippen molar-refractivity contribution in [2.24, 2.45) is 0 Å². The summed E-state index contributed by atoms with van der Waals surface area (Å²) in [6.07, 6.45) is -3.13. The molecular formula is C24H18F3N3O4. The number of hydrogen-bond acceptors (Lipinski definition) is 4. The van der Waals surface area contributed by atoms with E-state index in [2.05, 4.69) is 10.3 Å². The zero-order chi connectivity index (χ0) is 24.2. The number of alkyl halides is 3. The number of carbonyl (C=O) groups is 2. The molecule has 2 aromatic heterocycles. The third kappa shape index (κ3) is 3.39. The Balaban J connectivity index is 1.86. The predicted molar refractivity (Wildman–Crippen MR) is 118 cm³/mol. The first-order valence-corrected chi connectivity index (χ1v) is 10.4. The molecule has 0 spiro atoms. The van der Waals surface area contributed by atoms with E-state index in [1.165, 1.54) is 29.1 Å². The molecule has 5 rings (SSSR count). The minimum Gasteiger partial charge on any atom is -0.394 e. The number of rotatable bonds is 5. The lowest BCUT2D eigenvalue weighted by Crippen LogP contribution is -2.22. The highest BCUT2D eigenvalue weighted by atomic mass is 19.4. The molecule has 4 aromatic rings. The first-order chi connectivity index (χ1) is 16.2. The molecule has 0 bridgehead atoms. The van der Waals surface area contributed by atoms with Gasteiger partial charge in [-0.1, -0.05) is 24.3 Å². The highest BCUT2D eigenvalue weighted by Crippen LogP contribution is 2.43. The monoisotopic (exact) mass is 469 g/mol. The summed E-state index contributed by atoms with van der Waals surface area (Å²) in [7, 11) is 0. The van der Waals surface area contributed by atoms with Crippen molar-refractivity contribution < 1.29 is 33.0 Å². The number of H-pyrrole nitrogens is 1. The number of halogens is 3. The van der Waals surface area contributed by atoms with Crippen molar-refractivity contribution in [2.75, 3.05) is 6.61 Å². The third-order valence-electron chi connectivity index (χ3n) is 5.89. The summed E-state index contributed by atoms with van der Waals surface area (Å²) in [6, 6.07) is 10.6. The van der Waals surface area contributed by atoms with Gasteiger partial charge in [0.1, 0.15) is 0 Å². The summed E-state index contributed by atoms with van der Waals surface area (Å²) in [5, 5.41) is 21.8. The maximum Gasteiger partial charge on any atom is 0.417 e. The topological polar surface area (TPSA) is 107 Å². The van der Waals surface area contributed by atoms with Crippen LogP contribution in [0, 0.1) is 0 Å². The molecular weight excluding hydrogens is 451 g/mol. The van der Waals surface area contributed by atoms with Gasteiger partial charge in [-0.3, -0.25) is 14.9 Å². The zero-order valence-electron chi connectivity index (χ0n) is 17.5. The van der Waals surface area contributed by atoms with Crippen molar-refractivity contribution in [2.45, 2.75) is 18.8 Å². The number of benzene rings is 2. The molecule has 174 valence electrons. The molecule has 10 heteroatoms. The number of carbonyl (C=O) groups excluding carboxylic acids is 2. The number of aliphatic hydroxyl groups is 2. The van der Waals surface area contributed by atoms with Gasteiger partial charge in [-0.05, 0) is 18.2 Å². The largest absolute Gasteiger partial charge is 0.417 e. The number of nitrogens with one attached hydrogen (secondary N) is 2. The Hall–Kier alpha value is -3.89. The summed E-state index contributed by atoms with van der Waals surface area (Å²) < 4.78 is 43.3. The highest BCUT2D eigenvalue weighted by Gasteiger charge is 2.39. The van der Waals surface area contributed by atoms with E-state index in [-0.39, 0.29) is 34.2 Å². The van der Waals surface area contributed by atoms with E-state index < -0.39 is 36.3 Å². The van der Waals surface area contributed by atoms with Crippen LogP contribution in [-0.4, -0.2) is 44.3 Å². The number of hydrogen-bond donors (Lipinski definition) is 4. The maximum atomic E-state index is 14.0. The van der Waals surface area contributed by atoms with E-state index in [4.69, 9.17) is 0 Å². The molecule has 1 unspecified atom stereocenters. The van der Waals surface area contributed by atoms with Crippen molar-refractivity contribution in [3.05, 3.63) is 71.5 Å². The lowest BCUT2D eigenvalue weighted by Gasteiger charge is -2.12. The molecule has 0 saturated heterocycles. The maximum absolute atomic E-state index is 14.0. The van der Waals surface area contributed by atoms with Crippen LogP contribution in [-0.2, 0) is 22.3 Å². The molecule has 0 aliphatic carbocycles. The van der Waals surface area contributed by atoms with E-state index in [9.17, 15) is 33.0 Å². The molecule has 34 heavy (non-hydrogen) atoms. The van der Waals surface area contributed by atoms with E-state index in [0.717, 1.165) is 6.07 Å². The van der Waals surface area contributed by atoms with Gasteiger partial charge < -0.3 is 19.8 Å². The molecule has 0 fully saturated rings. The number of imide groups is 1. The van der Waals surface area contributed by atoms with Crippen LogP contribution in [0.15, 0.2) is 54.9 Å². The molecule has 2 aromatic carbocycles. The lowest BCUT2D eigenvalue weighted by atomic mass is 9.94. The SMILES string of the molecule is O=C1NC(=O)C(c2cn(CC(O)CO)c3cccc(C(F)(F)F)c23)=C1c1c[nH]c2ccccc12. The van der Waals surface area contributed by atoms with Gasteiger partial charge in [0.05, 0.1) is 36.0 Å². The molecule has 0 radical (unpaired) electrons. The number of para-hydroxylation sites is 1. The zero-order valence-corrected chi connectivity index (χ0v) is 17.5. The van der Waals surface area contributed by atoms with E-state index in [0.29, 0.717) is 16.5 Å². The summed E-state index contributed by atoms with van der Waals surface area (Å²) in [5.41, 5.74) is -0.104. The predicted octanol–water partition coefficient (Wildman–Crippen LogP) is 3.06. The van der Waals surface area contributed by atoms with Gasteiger partial charge in [-0.25, -0.2) is 0 Å². The second-order valence-corrected chi connectivity index (χ2v) is 8.01. The van der Waals surface area contributed by atoms with Crippen LogP contribution in [0.1, 0.15) is 16.7 Å². The quantitative estimate of drug-likeness (QED) is 0.337. The Morgan fingerprint density at radius 2 is 1.68 bits per heavy atom. The first-order valence-electron chi connectivity index (χ1n) is 10.4. The minimum absolute atomic E-state index is 0.0406. The fraction of sp³-hybridized carbons (Fsp3) is 0.167. The fourth-order valence-corrected chi connectivity index (χ4v) is 4.46. The van der Waals surface area contributed by atoms with Gasteiger partial charge in [-0.2, -0.15) is 13.2 Å². The number of aliphatic hydroxyl groups excluding tert-OH is 2. The minimum atomic E-state index is -4.74. The molecule has 1 atom stereocenters. The number of amides is 2. The van der Waals surface area contributed by atoms with Crippen LogP contribution in [0.5, 0.6) is 0 Å². The normalized spacial score (nSPS) is 15.6. The smallest absolute Gasteiger partial charge is 0.394 e. The highest BCUT2D eigenvalue weighted by molar-refractivity contribution is 6.50. The molecule has 2 amide bonds. The van der Waals surface area contributed by atoms with Gasteiger partial charge in [0, 0.05) is 45.3 Å². The van der Waals surface area contributed by atoms with Crippen LogP contribution in [0.3, 0.4) is 0 Å². The van der Waals surface area contributed by atoms with Gasteiger partial charge in [0.25, 0.3) is 11.8 Å². The fourth-order valence-electron chi connectivity index (χ4n) is 4.46. The Morgan fingerprint density at radius 3 is 2.38 bits per heavy atom. The van der Waals surface area contributed by atoms with Crippen molar-refractivity contribution in [1.29, 1.82) is 0 Å².